The predicted molar refractivity (Wildman–Crippen MR) is 59.9 cm³/mol. The molecular weight excluding hydrogens is 208 g/mol. The van der Waals surface area contributed by atoms with Crippen molar-refractivity contribution in [3.63, 3.8) is 0 Å². The molecule has 0 fully saturated rings. The standard InChI is InChI=1S/C12H16O4/c1-8-4-5-9(11(13)14)6-10(8)16-7-12(2,3)15/h4-6,15H,7H2,1-3H3,(H,13,14). The van der Waals surface area contributed by atoms with Crippen LogP contribution >= 0.6 is 0 Å². The van der Waals surface area contributed by atoms with Gasteiger partial charge in [0.05, 0.1) is 11.2 Å². The molecule has 0 saturated carbocycles. The van der Waals surface area contributed by atoms with Crippen molar-refractivity contribution in [1.29, 1.82) is 0 Å². The molecule has 1 aromatic rings. The molecule has 0 aliphatic carbocycles. The number of aliphatic hydroxyl groups is 1. The van der Waals surface area contributed by atoms with Gasteiger partial charge in [0, 0.05) is 0 Å². The highest BCUT2D eigenvalue weighted by Crippen LogP contribution is 2.20. The smallest absolute Gasteiger partial charge is 0.335 e. The second-order valence-electron chi connectivity index (χ2n) is 4.39. The Hall–Kier alpha value is -1.55. The average Bonchev–Trinajstić information content (AvgIpc) is 2.14. The van der Waals surface area contributed by atoms with Crippen LogP contribution < -0.4 is 4.74 Å². The van der Waals surface area contributed by atoms with Crippen LogP contribution in [0.2, 0.25) is 0 Å². The third-order valence-corrected chi connectivity index (χ3v) is 2.02. The summed E-state index contributed by atoms with van der Waals surface area (Å²) >= 11 is 0. The molecule has 0 aliphatic rings. The second kappa shape index (κ2) is 4.53. The van der Waals surface area contributed by atoms with Gasteiger partial charge in [0.2, 0.25) is 0 Å². The van der Waals surface area contributed by atoms with Crippen molar-refractivity contribution in [2.75, 3.05) is 6.61 Å². The van der Waals surface area contributed by atoms with Gasteiger partial charge in [0.25, 0.3) is 0 Å². The van der Waals surface area contributed by atoms with E-state index >= 15 is 0 Å². The highest BCUT2D eigenvalue weighted by atomic mass is 16.5. The summed E-state index contributed by atoms with van der Waals surface area (Å²) in [6.45, 7) is 5.20. The fraction of sp³-hybridized carbons (Fsp3) is 0.417. The first-order chi connectivity index (χ1) is 7.29. The highest BCUT2D eigenvalue weighted by molar-refractivity contribution is 5.88. The fourth-order valence-electron chi connectivity index (χ4n) is 1.14. The van der Waals surface area contributed by atoms with Gasteiger partial charge in [-0.2, -0.15) is 0 Å². The maximum Gasteiger partial charge on any atom is 0.335 e. The second-order valence-corrected chi connectivity index (χ2v) is 4.39. The Labute approximate surface area is 94.5 Å². The lowest BCUT2D eigenvalue weighted by atomic mass is 10.1. The summed E-state index contributed by atoms with van der Waals surface area (Å²) in [5.74, 6) is -0.505. The lowest BCUT2D eigenvalue weighted by molar-refractivity contribution is 0.0282. The number of carbonyl (C=O) groups is 1. The first kappa shape index (κ1) is 12.5. The maximum atomic E-state index is 10.8. The Morgan fingerprint density at radius 1 is 1.44 bits per heavy atom. The topological polar surface area (TPSA) is 66.8 Å². The summed E-state index contributed by atoms with van der Waals surface area (Å²) in [6, 6.07) is 4.67. The summed E-state index contributed by atoms with van der Waals surface area (Å²) < 4.78 is 5.38. The lowest BCUT2D eigenvalue weighted by Gasteiger charge is -2.19. The number of rotatable bonds is 4. The van der Waals surface area contributed by atoms with E-state index in [0.29, 0.717) is 5.75 Å². The van der Waals surface area contributed by atoms with Crippen LogP contribution in [0, 0.1) is 6.92 Å². The Morgan fingerprint density at radius 2 is 2.06 bits per heavy atom. The lowest BCUT2D eigenvalue weighted by Crippen LogP contribution is -2.28. The molecule has 0 atom stereocenters. The molecule has 0 aromatic heterocycles. The molecule has 0 heterocycles. The molecule has 4 nitrogen and oxygen atoms in total. The van der Waals surface area contributed by atoms with E-state index in [4.69, 9.17) is 9.84 Å². The van der Waals surface area contributed by atoms with Crippen LogP contribution in [0.25, 0.3) is 0 Å². The molecule has 0 radical (unpaired) electrons. The van der Waals surface area contributed by atoms with E-state index < -0.39 is 11.6 Å². The third-order valence-electron chi connectivity index (χ3n) is 2.02. The van der Waals surface area contributed by atoms with Crippen LogP contribution in [0.4, 0.5) is 0 Å². The Balaban J connectivity index is 2.86. The van der Waals surface area contributed by atoms with E-state index in [9.17, 15) is 9.90 Å². The first-order valence-electron chi connectivity index (χ1n) is 4.99. The zero-order chi connectivity index (χ0) is 12.3. The number of benzene rings is 1. The molecule has 16 heavy (non-hydrogen) atoms. The summed E-state index contributed by atoms with van der Waals surface area (Å²) in [5.41, 5.74) is 0.0802. The molecule has 1 aromatic carbocycles. The van der Waals surface area contributed by atoms with Gasteiger partial charge in [0.15, 0.2) is 0 Å². The van der Waals surface area contributed by atoms with Gasteiger partial charge in [-0.25, -0.2) is 4.79 Å². The first-order valence-corrected chi connectivity index (χ1v) is 4.99. The van der Waals surface area contributed by atoms with Crippen molar-refractivity contribution >= 4 is 5.97 Å². The number of hydrogen-bond acceptors (Lipinski definition) is 3. The van der Waals surface area contributed by atoms with Gasteiger partial charge in [0.1, 0.15) is 12.4 Å². The summed E-state index contributed by atoms with van der Waals surface area (Å²) in [6.07, 6.45) is 0. The fourth-order valence-corrected chi connectivity index (χ4v) is 1.14. The van der Waals surface area contributed by atoms with Crippen molar-refractivity contribution in [2.45, 2.75) is 26.4 Å². The van der Waals surface area contributed by atoms with Crippen LogP contribution in [0.1, 0.15) is 29.8 Å². The van der Waals surface area contributed by atoms with Crippen molar-refractivity contribution in [2.24, 2.45) is 0 Å². The quantitative estimate of drug-likeness (QED) is 0.819. The SMILES string of the molecule is Cc1ccc(C(=O)O)cc1OCC(C)(C)O. The number of aryl methyl sites for hydroxylation is 1. The molecule has 88 valence electrons. The maximum absolute atomic E-state index is 10.8. The van der Waals surface area contributed by atoms with Crippen molar-refractivity contribution < 1.29 is 19.7 Å². The molecular formula is C12H16O4. The average molecular weight is 224 g/mol. The molecule has 0 spiro atoms. The predicted octanol–water partition coefficient (Wildman–Crippen LogP) is 1.84. The molecule has 4 heteroatoms. The molecule has 2 N–H and O–H groups in total. The number of aromatic carboxylic acids is 1. The minimum absolute atomic E-state index is 0.122. The van der Waals surface area contributed by atoms with Crippen LogP contribution in [0.5, 0.6) is 5.75 Å². The summed E-state index contributed by atoms with van der Waals surface area (Å²) in [7, 11) is 0. The van der Waals surface area contributed by atoms with E-state index in [1.54, 1.807) is 19.9 Å². The van der Waals surface area contributed by atoms with Crippen molar-refractivity contribution in [3.05, 3.63) is 29.3 Å². The minimum Gasteiger partial charge on any atom is -0.490 e. The van der Waals surface area contributed by atoms with Crippen LogP contribution in [-0.4, -0.2) is 28.4 Å². The number of hydrogen-bond donors (Lipinski definition) is 2. The minimum atomic E-state index is -0.992. The van der Waals surface area contributed by atoms with Gasteiger partial charge in [-0.3, -0.25) is 0 Å². The zero-order valence-corrected chi connectivity index (χ0v) is 9.65. The van der Waals surface area contributed by atoms with E-state index in [0.717, 1.165) is 5.56 Å². The Morgan fingerprint density at radius 3 is 2.56 bits per heavy atom. The number of ether oxygens (including phenoxy) is 1. The van der Waals surface area contributed by atoms with Crippen molar-refractivity contribution in [3.8, 4) is 5.75 Å². The van der Waals surface area contributed by atoms with Gasteiger partial charge in [-0.05, 0) is 38.5 Å². The molecule has 0 unspecified atom stereocenters. The molecule has 0 bridgehead atoms. The molecule has 0 aliphatic heterocycles. The molecule has 0 amide bonds. The van der Waals surface area contributed by atoms with E-state index in [-0.39, 0.29) is 12.2 Å². The number of carboxylic acids is 1. The van der Waals surface area contributed by atoms with E-state index in [1.165, 1.54) is 12.1 Å². The number of carboxylic acid groups (broad SMARTS) is 1. The zero-order valence-electron chi connectivity index (χ0n) is 9.65. The van der Waals surface area contributed by atoms with Gasteiger partial charge < -0.3 is 14.9 Å². The van der Waals surface area contributed by atoms with E-state index in [2.05, 4.69) is 0 Å². The van der Waals surface area contributed by atoms with Gasteiger partial charge in [-0.15, -0.1) is 0 Å². The van der Waals surface area contributed by atoms with Crippen LogP contribution in [0.3, 0.4) is 0 Å². The third kappa shape index (κ3) is 3.55. The summed E-state index contributed by atoms with van der Waals surface area (Å²) in [4.78, 5) is 10.8. The van der Waals surface area contributed by atoms with Crippen molar-refractivity contribution in [1.82, 2.24) is 0 Å². The molecule has 1 rings (SSSR count). The van der Waals surface area contributed by atoms with Gasteiger partial charge in [-0.1, -0.05) is 6.07 Å². The largest absolute Gasteiger partial charge is 0.490 e. The Bertz CT molecular complexity index is 390. The Kier molecular flexibility index (Phi) is 3.55. The van der Waals surface area contributed by atoms with Gasteiger partial charge >= 0.3 is 5.97 Å². The van der Waals surface area contributed by atoms with Crippen LogP contribution in [0.15, 0.2) is 18.2 Å². The normalized spacial score (nSPS) is 11.2. The van der Waals surface area contributed by atoms with Crippen LogP contribution in [-0.2, 0) is 0 Å². The van der Waals surface area contributed by atoms with E-state index in [1.807, 2.05) is 6.92 Å². The monoisotopic (exact) mass is 224 g/mol. The summed E-state index contributed by atoms with van der Waals surface area (Å²) in [5, 5.41) is 18.3. The highest BCUT2D eigenvalue weighted by Gasteiger charge is 2.15. The molecule has 0 saturated heterocycles.